The van der Waals surface area contributed by atoms with Crippen molar-refractivity contribution in [2.24, 2.45) is 0 Å². The van der Waals surface area contributed by atoms with E-state index in [2.05, 4.69) is 13.8 Å². The average molecular weight is 479 g/mol. The lowest BCUT2D eigenvalue weighted by molar-refractivity contribution is -0.143. The lowest BCUT2D eigenvalue weighted by atomic mass is 9.91. The van der Waals surface area contributed by atoms with Crippen molar-refractivity contribution in [2.75, 3.05) is 13.2 Å². The molecule has 34 heavy (non-hydrogen) atoms. The van der Waals surface area contributed by atoms with Crippen molar-refractivity contribution in [2.45, 2.75) is 155 Å². The Morgan fingerprint density at radius 2 is 0.794 bits per heavy atom. The minimum Gasteiger partial charge on any atom is -0.462 e. The van der Waals surface area contributed by atoms with Crippen LogP contribution in [0.25, 0.3) is 0 Å². The molecule has 1 rings (SSSR count). The lowest BCUT2D eigenvalue weighted by Gasteiger charge is -2.18. The second kappa shape index (κ2) is 22.2. The van der Waals surface area contributed by atoms with Crippen LogP contribution < -0.4 is 0 Å². The van der Waals surface area contributed by atoms with Crippen molar-refractivity contribution < 1.29 is 19.1 Å². The molecule has 0 fully saturated rings. The summed E-state index contributed by atoms with van der Waals surface area (Å²) in [5.41, 5.74) is 1.14. The van der Waals surface area contributed by atoms with Gasteiger partial charge < -0.3 is 9.47 Å². The van der Waals surface area contributed by atoms with E-state index in [1.807, 2.05) is 0 Å². The summed E-state index contributed by atoms with van der Waals surface area (Å²) < 4.78 is 11.0. The van der Waals surface area contributed by atoms with Crippen LogP contribution in [0.4, 0.5) is 0 Å². The molecular weight excluding hydrogens is 424 g/mol. The van der Waals surface area contributed by atoms with Gasteiger partial charge in [0.1, 0.15) is 0 Å². The fourth-order valence-corrected chi connectivity index (χ4v) is 4.69. The molecular formula is C30H54O4. The van der Waals surface area contributed by atoms with Gasteiger partial charge in [0.25, 0.3) is 0 Å². The smallest absolute Gasteiger partial charge is 0.334 e. The molecule has 1 aliphatic carbocycles. The number of hydrogen-bond donors (Lipinski definition) is 0. The van der Waals surface area contributed by atoms with Crippen LogP contribution in [0.15, 0.2) is 11.1 Å². The Kier molecular flexibility index (Phi) is 20.0. The minimum atomic E-state index is -0.297. The fourth-order valence-electron chi connectivity index (χ4n) is 4.69. The normalized spacial score (nSPS) is 13.8. The molecule has 0 radical (unpaired) electrons. The van der Waals surface area contributed by atoms with Gasteiger partial charge in [-0.05, 0) is 38.5 Å². The molecule has 4 heteroatoms. The maximum absolute atomic E-state index is 12.6. The molecule has 4 nitrogen and oxygen atoms in total. The minimum absolute atomic E-state index is 0.297. The highest BCUT2D eigenvalue weighted by molar-refractivity contribution is 6.00. The number of ether oxygens (including phenoxy) is 2. The zero-order valence-corrected chi connectivity index (χ0v) is 22.6. The summed E-state index contributed by atoms with van der Waals surface area (Å²) in [7, 11) is 0. The first kappa shape index (κ1) is 30.7. The molecule has 0 heterocycles. The Balaban J connectivity index is 2.18. The van der Waals surface area contributed by atoms with Gasteiger partial charge in [-0.1, -0.05) is 117 Å². The first-order valence-corrected chi connectivity index (χ1v) is 14.8. The molecule has 0 aromatic rings. The van der Waals surface area contributed by atoms with Crippen LogP contribution in [-0.2, 0) is 19.1 Å². The van der Waals surface area contributed by atoms with Gasteiger partial charge in [0, 0.05) is 11.1 Å². The zero-order chi connectivity index (χ0) is 24.7. The van der Waals surface area contributed by atoms with E-state index in [1.54, 1.807) is 0 Å². The van der Waals surface area contributed by atoms with Crippen LogP contribution in [0.1, 0.15) is 155 Å². The van der Waals surface area contributed by atoms with Crippen LogP contribution >= 0.6 is 0 Å². The van der Waals surface area contributed by atoms with E-state index in [9.17, 15) is 9.59 Å². The van der Waals surface area contributed by atoms with Crippen LogP contribution in [0.3, 0.4) is 0 Å². The van der Waals surface area contributed by atoms with Crippen molar-refractivity contribution in [1.29, 1.82) is 0 Å². The highest BCUT2D eigenvalue weighted by atomic mass is 16.5. The standard InChI is InChI=1S/C30H54O4/c1-3-5-7-9-11-13-15-17-21-25-33-29(31)27-23-19-20-24-28(27)30(32)34-26-22-18-16-14-12-10-8-6-4-2/h3-26H2,1-2H3. The average Bonchev–Trinajstić information content (AvgIpc) is 2.86. The van der Waals surface area contributed by atoms with Crippen LogP contribution in [0.2, 0.25) is 0 Å². The van der Waals surface area contributed by atoms with Crippen LogP contribution in [0, 0.1) is 0 Å². The van der Waals surface area contributed by atoms with Crippen molar-refractivity contribution >= 4 is 11.9 Å². The third-order valence-corrected chi connectivity index (χ3v) is 6.92. The highest BCUT2D eigenvalue weighted by Gasteiger charge is 2.25. The Hall–Kier alpha value is -1.32. The molecule has 0 amide bonds. The topological polar surface area (TPSA) is 52.6 Å². The molecule has 0 bridgehead atoms. The molecule has 0 aromatic carbocycles. The van der Waals surface area contributed by atoms with Crippen molar-refractivity contribution in [3.05, 3.63) is 11.1 Å². The number of carbonyl (C=O) groups excluding carboxylic acids is 2. The molecule has 198 valence electrons. The van der Waals surface area contributed by atoms with Gasteiger partial charge in [0.15, 0.2) is 0 Å². The SMILES string of the molecule is CCCCCCCCCCCOC(=O)C1=C(C(=O)OCCCCCCCCCCC)CCCC1. The molecule has 0 saturated heterocycles. The summed E-state index contributed by atoms with van der Waals surface area (Å²) in [6, 6.07) is 0. The highest BCUT2D eigenvalue weighted by Crippen LogP contribution is 2.27. The summed E-state index contributed by atoms with van der Waals surface area (Å²) in [5.74, 6) is -0.594. The maximum atomic E-state index is 12.6. The largest absolute Gasteiger partial charge is 0.462 e. The van der Waals surface area contributed by atoms with Gasteiger partial charge in [-0.3, -0.25) is 0 Å². The quantitative estimate of drug-likeness (QED) is 0.115. The molecule has 0 aromatic heterocycles. The van der Waals surface area contributed by atoms with Gasteiger partial charge >= 0.3 is 11.9 Å². The van der Waals surface area contributed by atoms with E-state index in [0.29, 0.717) is 37.2 Å². The van der Waals surface area contributed by atoms with E-state index in [4.69, 9.17) is 9.47 Å². The number of esters is 2. The molecule has 0 saturated carbocycles. The zero-order valence-electron chi connectivity index (χ0n) is 22.6. The molecule has 0 N–H and O–H groups in total. The predicted octanol–water partition coefficient (Wildman–Crippen LogP) is 9.01. The van der Waals surface area contributed by atoms with Gasteiger partial charge in [-0.2, -0.15) is 0 Å². The molecule has 0 aliphatic heterocycles. The summed E-state index contributed by atoms with van der Waals surface area (Å²) >= 11 is 0. The second-order valence-corrected chi connectivity index (χ2v) is 10.1. The summed E-state index contributed by atoms with van der Waals surface area (Å²) in [6.07, 6.45) is 25.5. The van der Waals surface area contributed by atoms with Gasteiger partial charge in [0.2, 0.25) is 0 Å². The van der Waals surface area contributed by atoms with Crippen LogP contribution in [-0.4, -0.2) is 25.2 Å². The molecule has 0 spiro atoms. The third kappa shape index (κ3) is 15.6. The molecule has 0 atom stereocenters. The number of rotatable bonds is 22. The Morgan fingerprint density at radius 3 is 1.12 bits per heavy atom. The summed E-state index contributed by atoms with van der Waals surface area (Å²) in [5, 5.41) is 0. The maximum Gasteiger partial charge on any atom is 0.334 e. The summed E-state index contributed by atoms with van der Waals surface area (Å²) in [4.78, 5) is 25.2. The van der Waals surface area contributed by atoms with E-state index in [-0.39, 0.29) is 11.9 Å². The van der Waals surface area contributed by atoms with E-state index in [0.717, 1.165) is 38.5 Å². The lowest BCUT2D eigenvalue weighted by Crippen LogP contribution is -2.20. The second-order valence-electron chi connectivity index (χ2n) is 10.1. The van der Waals surface area contributed by atoms with Crippen molar-refractivity contribution in [3.63, 3.8) is 0 Å². The van der Waals surface area contributed by atoms with Gasteiger partial charge in [-0.15, -0.1) is 0 Å². The Bertz CT molecular complexity index is 504. The Labute approximate surface area is 210 Å². The monoisotopic (exact) mass is 478 g/mol. The summed E-state index contributed by atoms with van der Waals surface area (Å²) in [6.45, 7) is 5.41. The van der Waals surface area contributed by atoms with Gasteiger partial charge in [0.05, 0.1) is 13.2 Å². The van der Waals surface area contributed by atoms with E-state index >= 15 is 0 Å². The Morgan fingerprint density at radius 1 is 0.500 bits per heavy atom. The number of carbonyl (C=O) groups is 2. The first-order chi connectivity index (χ1) is 16.7. The third-order valence-electron chi connectivity index (χ3n) is 6.92. The van der Waals surface area contributed by atoms with Gasteiger partial charge in [-0.25, -0.2) is 9.59 Å². The number of unbranched alkanes of at least 4 members (excludes halogenated alkanes) is 16. The molecule has 0 unspecified atom stereocenters. The predicted molar refractivity (Wildman–Crippen MR) is 142 cm³/mol. The van der Waals surface area contributed by atoms with Crippen molar-refractivity contribution in [1.82, 2.24) is 0 Å². The number of hydrogen-bond acceptors (Lipinski definition) is 4. The van der Waals surface area contributed by atoms with E-state index in [1.165, 1.54) is 89.9 Å². The first-order valence-electron chi connectivity index (χ1n) is 14.8. The molecule has 1 aliphatic rings. The fraction of sp³-hybridized carbons (Fsp3) is 0.867. The van der Waals surface area contributed by atoms with Crippen LogP contribution in [0.5, 0.6) is 0 Å². The van der Waals surface area contributed by atoms with E-state index < -0.39 is 0 Å². The van der Waals surface area contributed by atoms with Crippen molar-refractivity contribution in [3.8, 4) is 0 Å².